The zero-order valence-corrected chi connectivity index (χ0v) is 15.9. The molecule has 1 N–H and O–H groups in total. The highest BCUT2D eigenvalue weighted by atomic mass is 32.2. The van der Waals surface area contributed by atoms with Crippen molar-refractivity contribution in [3.05, 3.63) is 40.3 Å². The average molecular weight is 393 g/mol. The smallest absolute Gasteiger partial charge is 0.336 e. The van der Waals surface area contributed by atoms with Crippen LogP contribution in [0.5, 0.6) is 0 Å². The van der Waals surface area contributed by atoms with Crippen LogP contribution in [0.3, 0.4) is 0 Å². The van der Waals surface area contributed by atoms with E-state index in [9.17, 15) is 19.5 Å². The molecule has 0 spiro atoms. The zero-order valence-electron chi connectivity index (χ0n) is 14.3. The fraction of sp³-hybridized carbons (Fsp3) is 0.333. The second kappa shape index (κ2) is 9.49. The average Bonchev–Trinajstić information content (AvgIpc) is 2.88. The second-order valence-electron chi connectivity index (χ2n) is 5.61. The fourth-order valence-electron chi connectivity index (χ4n) is 2.47. The van der Waals surface area contributed by atoms with Crippen molar-refractivity contribution in [3.63, 3.8) is 0 Å². The number of carboxylic acid groups (broad SMARTS) is 1. The first-order valence-electron chi connectivity index (χ1n) is 8.08. The van der Waals surface area contributed by atoms with Crippen LogP contribution in [0.2, 0.25) is 0 Å². The summed E-state index contributed by atoms with van der Waals surface area (Å²) in [7, 11) is 1.36. The van der Waals surface area contributed by atoms with Crippen LogP contribution in [-0.2, 0) is 14.3 Å². The van der Waals surface area contributed by atoms with Crippen molar-refractivity contribution in [1.29, 1.82) is 0 Å². The molecule has 138 valence electrons. The van der Waals surface area contributed by atoms with Gasteiger partial charge in [0.2, 0.25) is 0 Å². The van der Waals surface area contributed by atoms with E-state index in [1.807, 2.05) is 0 Å². The van der Waals surface area contributed by atoms with Crippen LogP contribution in [0.4, 0.5) is 0 Å². The largest absolute Gasteiger partial charge is 0.478 e. The first-order valence-corrected chi connectivity index (χ1v) is 9.31. The minimum absolute atomic E-state index is 0.139. The number of hydrogen-bond acceptors (Lipinski definition) is 6. The Morgan fingerprint density at radius 2 is 2.00 bits per heavy atom. The third-order valence-corrected chi connectivity index (χ3v) is 5.22. The predicted octanol–water partition coefficient (Wildman–Crippen LogP) is 3.32. The minimum atomic E-state index is -1.04. The summed E-state index contributed by atoms with van der Waals surface area (Å²) in [5.41, 5.74) is 0.610. The molecular formula is C18H19NO5S2. The monoisotopic (exact) mass is 393 g/mol. The van der Waals surface area contributed by atoms with Gasteiger partial charge < -0.3 is 9.84 Å². The molecule has 1 heterocycles. The lowest BCUT2D eigenvalue weighted by molar-refractivity contribution is -0.140. The summed E-state index contributed by atoms with van der Waals surface area (Å²) in [4.78, 5) is 36.8. The number of esters is 1. The molecule has 0 aliphatic carbocycles. The molecule has 1 aromatic rings. The predicted molar refractivity (Wildman–Crippen MR) is 104 cm³/mol. The number of carboxylic acids is 1. The molecule has 0 radical (unpaired) electrons. The van der Waals surface area contributed by atoms with E-state index in [1.54, 1.807) is 24.3 Å². The molecule has 6 nitrogen and oxygen atoms in total. The van der Waals surface area contributed by atoms with E-state index >= 15 is 0 Å². The number of benzene rings is 1. The molecule has 1 amide bonds. The molecule has 1 aromatic carbocycles. The van der Waals surface area contributed by atoms with Gasteiger partial charge in [0.15, 0.2) is 0 Å². The van der Waals surface area contributed by atoms with Crippen molar-refractivity contribution in [2.75, 3.05) is 13.7 Å². The first kappa shape index (κ1) is 20.1. The Morgan fingerprint density at radius 1 is 1.27 bits per heavy atom. The van der Waals surface area contributed by atoms with Gasteiger partial charge >= 0.3 is 11.9 Å². The lowest BCUT2D eigenvalue weighted by atomic mass is 10.1. The van der Waals surface area contributed by atoms with Crippen LogP contribution in [0.1, 0.15) is 41.6 Å². The van der Waals surface area contributed by atoms with Crippen molar-refractivity contribution >= 4 is 52.2 Å². The summed E-state index contributed by atoms with van der Waals surface area (Å²) in [6.07, 6.45) is 4.14. The maximum Gasteiger partial charge on any atom is 0.336 e. The summed E-state index contributed by atoms with van der Waals surface area (Å²) in [5.74, 6) is -1.50. The molecule has 0 bridgehead atoms. The van der Waals surface area contributed by atoms with Gasteiger partial charge in [0, 0.05) is 13.0 Å². The summed E-state index contributed by atoms with van der Waals surface area (Å²) in [6, 6.07) is 6.51. The third kappa shape index (κ3) is 5.15. The van der Waals surface area contributed by atoms with E-state index in [4.69, 9.17) is 12.2 Å². The van der Waals surface area contributed by atoms with E-state index in [0.717, 1.165) is 12.8 Å². The Labute approximate surface area is 161 Å². The standard InChI is InChI=1S/C18H19NO5S2/c1-24-15(20)9-3-2-6-10-19-16(21)14(26-18(19)25)11-12-7-4-5-8-13(12)17(22)23/h4-5,7-8,11H,2-3,6,9-10H2,1H3,(H,22,23)/b14-11+. The number of rotatable bonds is 8. The lowest BCUT2D eigenvalue weighted by Gasteiger charge is -2.13. The topological polar surface area (TPSA) is 83.9 Å². The highest BCUT2D eigenvalue weighted by molar-refractivity contribution is 8.26. The van der Waals surface area contributed by atoms with Gasteiger partial charge in [0.1, 0.15) is 4.32 Å². The zero-order chi connectivity index (χ0) is 19.1. The van der Waals surface area contributed by atoms with Gasteiger partial charge in [0.25, 0.3) is 5.91 Å². The summed E-state index contributed by atoms with van der Waals surface area (Å²) in [6.45, 7) is 0.476. The Kier molecular flexibility index (Phi) is 7.35. The van der Waals surface area contributed by atoms with Gasteiger partial charge in [-0.2, -0.15) is 0 Å². The normalized spacial score (nSPS) is 15.6. The Hall–Kier alpha value is -2.19. The lowest BCUT2D eigenvalue weighted by Crippen LogP contribution is -2.29. The highest BCUT2D eigenvalue weighted by Crippen LogP contribution is 2.33. The number of unbranched alkanes of at least 4 members (excludes halogenated alkanes) is 2. The van der Waals surface area contributed by atoms with Gasteiger partial charge in [-0.15, -0.1) is 0 Å². The molecule has 1 saturated heterocycles. The van der Waals surface area contributed by atoms with Crippen molar-refractivity contribution < 1.29 is 24.2 Å². The van der Waals surface area contributed by atoms with Crippen molar-refractivity contribution in [3.8, 4) is 0 Å². The number of aromatic carboxylic acids is 1. The van der Waals surface area contributed by atoms with Crippen LogP contribution >= 0.6 is 24.0 Å². The minimum Gasteiger partial charge on any atom is -0.478 e. The van der Waals surface area contributed by atoms with Crippen molar-refractivity contribution in [2.24, 2.45) is 0 Å². The molecule has 26 heavy (non-hydrogen) atoms. The Bertz CT molecular complexity index is 760. The van der Waals surface area contributed by atoms with E-state index in [2.05, 4.69) is 4.74 Å². The van der Waals surface area contributed by atoms with Gasteiger partial charge in [-0.3, -0.25) is 14.5 Å². The summed E-state index contributed by atoms with van der Waals surface area (Å²) < 4.78 is 5.04. The maximum atomic E-state index is 12.5. The number of carbonyl (C=O) groups is 3. The number of methoxy groups -OCH3 is 1. The number of ether oxygens (including phenoxy) is 1. The highest BCUT2D eigenvalue weighted by Gasteiger charge is 2.31. The third-order valence-electron chi connectivity index (χ3n) is 3.84. The van der Waals surface area contributed by atoms with Crippen LogP contribution in [0.15, 0.2) is 29.2 Å². The second-order valence-corrected chi connectivity index (χ2v) is 7.29. The number of nitrogens with zero attached hydrogens (tertiary/aromatic N) is 1. The van der Waals surface area contributed by atoms with Gasteiger partial charge in [-0.05, 0) is 30.5 Å². The SMILES string of the molecule is COC(=O)CCCCCN1C(=O)/C(=C\c2ccccc2C(=O)O)SC1=S. The molecule has 0 atom stereocenters. The number of carbonyl (C=O) groups excluding carboxylic acids is 2. The van der Waals surface area contributed by atoms with E-state index in [1.165, 1.54) is 29.8 Å². The Balaban J connectivity index is 1.98. The van der Waals surface area contributed by atoms with Crippen molar-refractivity contribution in [2.45, 2.75) is 25.7 Å². The molecule has 8 heteroatoms. The van der Waals surface area contributed by atoms with Crippen LogP contribution in [-0.4, -0.2) is 45.8 Å². The van der Waals surface area contributed by atoms with E-state index in [0.29, 0.717) is 34.2 Å². The molecule has 0 aromatic heterocycles. The number of hydrogen-bond donors (Lipinski definition) is 1. The van der Waals surface area contributed by atoms with Gasteiger partial charge in [0.05, 0.1) is 17.6 Å². The molecule has 0 unspecified atom stereocenters. The van der Waals surface area contributed by atoms with Gasteiger partial charge in [-0.25, -0.2) is 4.79 Å². The maximum absolute atomic E-state index is 12.5. The van der Waals surface area contributed by atoms with Gasteiger partial charge in [-0.1, -0.05) is 48.6 Å². The van der Waals surface area contributed by atoms with Crippen LogP contribution in [0, 0.1) is 0 Å². The van der Waals surface area contributed by atoms with Crippen LogP contribution < -0.4 is 0 Å². The van der Waals surface area contributed by atoms with E-state index in [-0.39, 0.29) is 17.4 Å². The van der Waals surface area contributed by atoms with Crippen LogP contribution in [0.25, 0.3) is 6.08 Å². The van der Waals surface area contributed by atoms with Crippen molar-refractivity contribution in [1.82, 2.24) is 4.90 Å². The molecular weight excluding hydrogens is 374 g/mol. The number of thiocarbonyl (C=S) groups is 1. The number of thioether (sulfide) groups is 1. The molecule has 0 saturated carbocycles. The molecule has 2 rings (SSSR count). The summed E-state index contributed by atoms with van der Waals surface area (Å²) >= 11 is 6.44. The molecule has 1 fully saturated rings. The molecule has 1 aliphatic heterocycles. The Morgan fingerprint density at radius 3 is 2.69 bits per heavy atom. The quantitative estimate of drug-likeness (QED) is 0.314. The summed E-state index contributed by atoms with van der Waals surface area (Å²) in [5, 5.41) is 9.24. The van der Waals surface area contributed by atoms with E-state index < -0.39 is 5.97 Å². The fourth-order valence-corrected chi connectivity index (χ4v) is 3.77. The molecule has 1 aliphatic rings. The first-order chi connectivity index (χ1) is 12.4. The number of amides is 1.